The molecule has 0 aromatic heterocycles. The van der Waals surface area contributed by atoms with Gasteiger partial charge in [-0.3, -0.25) is 0 Å². The highest BCUT2D eigenvalue weighted by molar-refractivity contribution is 5.68. The maximum absolute atomic E-state index is 12.1. The SMILES string of the molecule is CC(C)(C)OC(=O)N1CCC(CN[C@H]2CCCC[C@H]2CO)CC1. The van der Waals surface area contributed by atoms with Crippen LogP contribution in [0.5, 0.6) is 0 Å². The third kappa shape index (κ3) is 5.96. The Balaban J connectivity index is 1.69. The first-order valence-corrected chi connectivity index (χ1v) is 9.21. The van der Waals surface area contributed by atoms with Gasteiger partial charge in [-0.2, -0.15) is 0 Å². The molecule has 5 heteroatoms. The Morgan fingerprint density at radius 1 is 1.17 bits per heavy atom. The van der Waals surface area contributed by atoms with E-state index < -0.39 is 5.60 Å². The van der Waals surface area contributed by atoms with Gasteiger partial charge in [-0.1, -0.05) is 12.8 Å². The lowest BCUT2D eigenvalue weighted by atomic mass is 9.84. The normalized spacial score (nSPS) is 27.0. The minimum Gasteiger partial charge on any atom is -0.444 e. The van der Waals surface area contributed by atoms with Gasteiger partial charge in [-0.05, 0) is 64.8 Å². The maximum Gasteiger partial charge on any atom is 0.410 e. The summed E-state index contributed by atoms with van der Waals surface area (Å²) in [7, 11) is 0. The molecule has 5 nitrogen and oxygen atoms in total. The maximum atomic E-state index is 12.1. The van der Waals surface area contributed by atoms with Gasteiger partial charge in [0.25, 0.3) is 0 Å². The number of aliphatic hydroxyl groups is 1. The van der Waals surface area contributed by atoms with Crippen molar-refractivity contribution in [1.29, 1.82) is 0 Å². The van der Waals surface area contributed by atoms with E-state index in [4.69, 9.17) is 4.74 Å². The highest BCUT2D eigenvalue weighted by Crippen LogP contribution is 2.25. The molecule has 2 aliphatic rings. The zero-order valence-electron chi connectivity index (χ0n) is 15.0. The van der Waals surface area contributed by atoms with Gasteiger partial charge in [-0.25, -0.2) is 4.79 Å². The van der Waals surface area contributed by atoms with Crippen LogP contribution in [0.1, 0.15) is 59.3 Å². The minimum absolute atomic E-state index is 0.184. The van der Waals surface area contributed by atoms with Gasteiger partial charge in [0.1, 0.15) is 5.60 Å². The first-order chi connectivity index (χ1) is 10.9. The summed E-state index contributed by atoms with van der Waals surface area (Å²) >= 11 is 0. The molecule has 0 radical (unpaired) electrons. The summed E-state index contributed by atoms with van der Waals surface area (Å²) in [5.74, 6) is 1.04. The first kappa shape index (κ1) is 18.5. The molecule has 1 amide bonds. The fourth-order valence-corrected chi connectivity index (χ4v) is 3.66. The standard InChI is InChI=1S/C18H34N2O3/c1-18(2,3)23-17(22)20-10-8-14(9-11-20)12-19-16-7-5-4-6-15(16)13-21/h14-16,19,21H,4-13H2,1-3H3/t15-,16-/m0/s1. The van der Waals surface area contributed by atoms with Crippen molar-refractivity contribution in [3.63, 3.8) is 0 Å². The molecule has 0 bridgehead atoms. The number of carbonyl (C=O) groups is 1. The summed E-state index contributed by atoms with van der Waals surface area (Å²) in [6, 6.07) is 0.470. The van der Waals surface area contributed by atoms with Gasteiger partial charge in [0, 0.05) is 25.7 Å². The summed E-state index contributed by atoms with van der Waals surface area (Å²) in [5, 5.41) is 13.2. The molecule has 0 aromatic rings. The number of nitrogens with zero attached hydrogens (tertiary/aromatic N) is 1. The second kappa shape index (κ2) is 8.34. The molecule has 23 heavy (non-hydrogen) atoms. The van der Waals surface area contributed by atoms with Gasteiger partial charge in [-0.15, -0.1) is 0 Å². The molecule has 2 N–H and O–H groups in total. The molecular formula is C18H34N2O3. The topological polar surface area (TPSA) is 61.8 Å². The van der Waals surface area contributed by atoms with Crippen molar-refractivity contribution in [2.75, 3.05) is 26.2 Å². The third-order valence-corrected chi connectivity index (χ3v) is 5.08. The fraction of sp³-hybridized carbons (Fsp3) is 0.944. The number of nitrogens with one attached hydrogen (secondary N) is 1. The molecule has 0 aromatic carbocycles. The number of hydrogen-bond donors (Lipinski definition) is 2. The van der Waals surface area contributed by atoms with Gasteiger partial charge in [0.15, 0.2) is 0 Å². The van der Waals surface area contributed by atoms with Crippen molar-refractivity contribution in [2.24, 2.45) is 11.8 Å². The van der Waals surface area contributed by atoms with E-state index in [1.165, 1.54) is 19.3 Å². The van der Waals surface area contributed by atoms with Crippen LogP contribution in [0.4, 0.5) is 4.79 Å². The number of ether oxygens (including phenoxy) is 1. The van der Waals surface area contributed by atoms with Gasteiger partial charge in [0.05, 0.1) is 0 Å². The Kier molecular flexibility index (Phi) is 6.72. The number of piperidine rings is 1. The Labute approximate surface area is 140 Å². The highest BCUT2D eigenvalue weighted by Gasteiger charge is 2.28. The average Bonchev–Trinajstić information content (AvgIpc) is 2.52. The van der Waals surface area contributed by atoms with E-state index in [1.807, 2.05) is 25.7 Å². The largest absolute Gasteiger partial charge is 0.444 e. The van der Waals surface area contributed by atoms with Gasteiger partial charge < -0.3 is 20.1 Å². The van der Waals surface area contributed by atoms with Crippen LogP contribution in [0.25, 0.3) is 0 Å². The molecule has 1 aliphatic heterocycles. The number of rotatable bonds is 4. The quantitative estimate of drug-likeness (QED) is 0.834. The smallest absolute Gasteiger partial charge is 0.410 e. The molecule has 0 spiro atoms. The Morgan fingerprint density at radius 2 is 1.83 bits per heavy atom. The van der Waals surface area contributed by atoms with Crippen LogP contribution in [0.2, 0.25) is 0 Å². The molecule has 1 saturated heterocycles. The van der Waals surface area contributed by atoms with Crippen molar-refractivity contribution in [2.45, 2.75) is 70.9 Å². The number of carbonyl (C=O) groups excluding carboxylic acids is 1. The van der Waals surface area contributed by atoms with Crippen molar-refractivity contribution in [3.05, 3.63) is 0 Å². The van der Waals surface area contributed by atoms with Crippen LogP contribution < -0.4 is 5.32 Å². The number of aliphatic hydroxyl groups excluding tert-OH is 1. The van der Waals surface area contributed by atoms with E-state index >= 15 is 0 Å². The molecular weight excluding hydrogens is 292 g/mol. The summed E-state index contributed by atoms with van der Waals surface area (Å²) in [6.07, 6.45) is 6.72. The van der Waals surface area contributed by atoms with E-state index in [1.54, 1.807) is 0 Å². The molecule has 2 rings (SSSR count). The average molecular weight is 326 g/mol. The van der Waals surface area contributed by atoms with Crippen LogP contribution in [-0.4, -0.2) is 54.0 Å². The summed E-state index contributed by atoms with van der Waals surface area (Å²) in [4.78, 5) is 13.9. The van der Waals surface area contributed by atoms with Crippen LogP contribution in [0.15, 0.2) is 0 Å². The zero-order valence-corrected chi connectivity index (χ0v) is 15.0. The van der Waals surface area contributed by atoms with Gasteiger partial charge >= 0.3 is 6.09 Å². The molecule has 1 saturated carbocycles. The lowest BCUT2D eigenvalue weighted by molar-refractivity contribution is 0.0181. The predicted octanol–water partition coefficient (Wildman–Crippen LogP) is 2.77. The lowest BCUT2D eigenvalue weighted by Gasteiger charge is -2.36. The van der Waals surface area contributed by atoms with E-state index in [0.717, 1.165) is 38.9 Å². The third-order valence-electron chi connectivity index (χ3n) is 5.08. The van der Waals surface area contributed by atoms with E-state index in [0.29, 0.717) is 24.5 Å². The highest BCUT2D eigenvalue weighted by atomic mass is 16.6. The zero-order chi connectivity index (χ0) is 16.9. The second-order valence-electron chi connectivity index (χ2n) is 8.15. The van der Waals surface area contributed by atoms with E-state index in [2.05, 4.69) is 5.32 Å². The molecule has 1 aliphatic carbocycles. The molecule has 0 unspecified atom stereocenters. The van der Waals surface area contributed by atoms with E-state index in [-0.39, 0.29) is 6.09 Å². The van der Waals surface area contributed by atoms with Gasteiger partial charge in [0.2, 0.25) is 0 Å². The monoisotopic (exact) mass is 326 g/mol. The van der Waals surface area contributed by atoms with Crippen LogP contribution >= 0.6 is 0 Å². The molecule has 2 fully saturated rings. The van der Waals surface area contributed by atoms with Crippen LogP contribution in [-0.2, 0) is 4.74 Å². The first-order valence-electron chi connectivity index (χ1n) is 9.21. The van der Waals surface area contributed by atoms with Crippen molar-refractivity contribution in [3.8, 4) is 0 Å². The fourth-order valence-electron chi connectivity index (χ4n) is 3.66. The lowest BCUT2D eigenvalue weighted by Crippen LogP contribution is -2.46. The van der Waals surface area contributed by atoms with E-state index in [9.17, 15) is 9.90 Å². The van der Waals surface area contributed by atoms with Crippen LogP contribution in [0.3, 0.4) is 0 Å². The summed E-state index contributed by atoms with van der Waals surface area (Å²) < 4.78 is 5.44. The second-order valence-corrected chi connectivity index (χ2v) is 8.15. The summed E-state index contributed by atoms with van der Waals surface area (Å²) in [5.41, 5.74) is -0.421. The minimum atomic E-state index is -0.421. The molecule has 2 atom stereocenters. The Morgan fingerprint density at radius 3 is 2.43 bits per heavy atom. The molecule has 1 heterocycles. The number of amides is 1. The predicted molar refractivity (Wildman–Crippen MR) is 91.4 cm³/mol. The summed E-state index contributed by atoms with van der Waals surface area (Å²) in [6.45, 7) is 8.60. The number of hydrogen-bond acceptors (Lipinski definition) is 4. The Hall–Kier alpha value is -0.810. The van der Waals surface area contributed by atoms with Crippen molar-refractivity contribution < 1.29 is 14.6 Å². The molecule has 134 valence electrons. The Bertz CT molecular complexity index is 373. The number of likely N-dealkylation sites (tertiary alicyclic amines) is 1. The van der Waals surface area contributed by atoms with Crippen molar-refractivity contribution in [1.82, 2.24) is 10.2 Å². The van der Waals surface area contributed by atoms with Crippen molar-refractivity contribution >= 4 is 6.09 Å². The van der Waals surface area contributed by atoms with Crippen LogP contribution in [0, 0.1) is 11.8 Å².